The molecule has 0 spiro atoms. The summed E-state index contributed by atoms with van der Waals surface area (Å²) in [5, 5.41) is 5.74. The van der Waals surface area contributed by atoms with Crippen molar-refractivity contribution in [3.63, 3.8) is 0 Å². The molecule has 4 rings (SSSR count). The molecule has 0 unspecified atom stereocenters. The fourth-order valence-corrected chi connectivity index (χ4v) is 3.24. The number of fused-ring (bicyclic) bond motifs is 1. The SMILES string of the molecule is Cn1nc(CCN)c2ccc(-c3ccnc(N4CCOCC4)n3)cc21. The zero-order valence-corrected chi connectivity index (χ0v) is 14.4. The molecule has 1 aromatic carbocycles. The summed E-state index contributed by atoms with van der Waals surface area (Å²) in [4.78, 5) is 11.3. The van der Waals surface area contributed by atoms with Crippen molar-refractivity contribution in [3.05, 3.63) is 36.2 Å². The summed E-state index contributed by atoms with van der Waals surface area (Å²) in [7, 11) is 1.96. The van der Waals surface area contributed by atoms with Crippen molar-refractivity contribution in [1.82, 2.24) is 19.7 Å². The Balaban J connectivity index is 1.70. The number of hydrogen-bond acceptors (Lipinski definition) is 6. The lowest BCUT2D eigenvalue weighted by atomic mass is 10.1. The lowest BCUT2D eigenvalue weighted by Crippen LogP contribution is -2.37. The minimum atomic E-state index is 0.600. The molecule has 7 heteroatoms. The number of aryl methyl sites for hydroxylation is 1. The van der Waals surface area contributed by atoms with Gasteiger partial charge in [-0.15, -0.1) is 0 Å². The van der Waals surface area contributed by atoms with Crippen molar-refractivity contribution in [2.45, 2.75) is 6.42 Å². The summed E-state index contributed by atoms with van der Waals surface area (Å²) in [6, 6.07) is 8.28. The molecule has 0 saturated carbocycles. The van der Waals surface area contributed by atoms with Crippen LogP contribution in [0, 0.1) is 0 Å². The number of benzene rings is 1. The Hall–Kier alpha value is -2.51. The molecule has 25 heavy (non-hydrogen) atoms. The van der Waals surface area contributed by atoms with Crippen molar-refractivity contribution in [2.75, 3.05) is 37.7 Å². The first kappa shape index (κ1) is 16.0. The zero-order valence-electron chi connectivity index (χ0n) is 14.4. The molecule has 130 valence electrons. The van der Waals surface area contributed by atoms with Crippen molar-refractivity contribution >= 4 is 16.9 Å². The largest absolute Gasteiger partial charge is 0.378 e. The first-order chi connectivity index (χ1) is 12.3. The fourth-order valence-electron chi connectivity index (χ4n) is 3.24. The second-order valence-electron chi connectivity index (χ2n) is 6.18. The van der Waals surface area contributed by atoms with Crippen molar-refractivity contribution in [3.8, 4) is 11.3 Å². The van der Waals surface area contributed by atoms with Gasteiger partial charge in [0.05, 0.1) is 30.1 Å². The Labute approximate surface area is 146 Å². The number of nitrogens with two attached hydrogens (primary N) is 1. The molecule has 0 atom stereocenters. The highest BCUT2D eigenvalue weighted by molar-refractivity contribution is 5.86. The molecule has 0 bridgehead atoms. The van der Waals surface area contributed by atoms with E-state index in [1.807, 2.05) is 24.0 Å². The van der Waals surface area contributed by atoms with Crippen LogP contribution in [0.2, 0.25) is 0 Å². The molecule has 2 N–H and O–H groups in total. The van der Waals surface area contributed by atoms with E-state index >= 15 is 0 Å². The van der Waals surface area contributed by atoms with Gasteiger partial charge in [-0.25, -0.2) is 9.97 Å². The quantitative estimate of drug-likeness (QED) is 0.774. The molecule has 3 aromatic rings. The van der Waals surface area contributed by atoms with Crippen LogP contribution < -0.4 is 10.6 Å². The molecule has 1 saturated heterocycles. The predicted octanol–water partition coefficient (Wildman–Crippen LogP) is 1.37. The molecular formula is C18H22N6O. The first-order valence-electron chi connectivity index (χ1n) is 8.58. The highest BCUT2D eigenvalue weighted by Gasteiger charge is 2.15. The van der Waals surface area contributed by atoms with E-state index in [4.69, 9.17) is 15.5 Å². The minimum absolute atomic E-state index is 0.600. The normalized spacial score (nSPS) is 15.0. The van der Waals surface area contributed by atoms with Crippen LogP contribution in [-0.4, -0.2) is 52.6 Å². The summed E-state index contributed by atoms with van der Waals surface area (Å²) in [5.74, 6) is 0.759. The Bertz CT molecular complexity index is 884. The average Bonchev–Trinajstić information content (AvgIpc) is 2.98. The van der Waals surface area contributed by atoms with Gasteiger partial charge in [0, 0.05) is 43.7 Å². The number of morpholine rings is 1. The summed E-state index contributed by atoms with van der Waals surface area (Å²) < 4.78 is 7.31. The molecule has 1 aliphatic heterocycles. The van der Waals surface area contributed by atoms with Gasteiger partial charge < -0.3 is 15.4 Å². The third-order valence-corrected chi connectivity index (χ3v) is 4.54. The van der Waals surface area contributed by atoms with Crippen LogP contribution in [-0.2, 0) is 18.2 Å². The number of nitrogens with zero attached hydrogens (tertiary/aromatic N) is 5. The third-order valence-electron chi connectivity index (χ3n) is 4.54. The minimum Gasteiger partial charge on any atom is -0.378 e. The zero-order chi connectivity index (χ0) is 17.2. The van der Waals surface area contributed by atoms with Gasteiger partial charge in [0.15, 0.2) is 0 Å². The average molecular weight is 338 g/mol. The standard InChI is InChI=1S/C18H22N6O/c1-23-17-12-13(2-3-14(17)16(22-23)4-6-19)15-5-7-20-18(21-15)24-8-10-25-11-9-24/h2-3,5,7,12H,4,6,8-11,19H2,1H3. The fraction of sp³-hybridized carbons (Fsp3) is 0.389. The number of rotatable bonds is 4. The van der Waals surface area contributed by atoms with Crippen molar-refractivity contribution in [1.29, 1.82) is 0 Å². The molecule has 7 nitrogen and oxygen atoms in total. The highest BCUT2D eigenvalue weighted by Crippen LogP contribution is 2.26. The summed E-state index contributed by atoms with van der Waals surface area (Å²) >= 11 is 0. The van der Waals surface area contributed by atoms with Gasteiger partial charge in [0.25, 0.3) is 0 Å². The van der Waals surface area contributed by atoms with E-state index in [9.17, 15) is 0 Å². The van der Waals surface area contributed by atoms with E-state index in [2.05, 4.69) is 33.2 Å². The monoisotopic (exact) mass is 338 g/mol. The lowest BCUT2D eigenvalue weighted by Gasteiger charge is -2.26. The lowest BCUT2D eigenvalue weighted by molar-refractivity contribution is 0.122. The summed E-state index contributed by atoms with van der Waals surface area (Å²) in [6.45, 7) is 3.69. The second kappa shape index (κ2) is 6.78. The third kappa shape index (κ3) is 3.08. The van der Waals surface area contributed by atoms with Crippen molar-refractivity contribution < 1.29 is 4.74 Å². The Morgan fingerprint density at radius 3 is 2.84 bits per heavy atom. The maximum atomic E-state index is 5.69. The van der Waals surface area contributed by atoms with E-state index in [-0.39, 0.29) is 0 Å². The highest BCUT2D eigenvalue weighted by atomic mass is 16.5. The first-order valence-corrected chi connectivity index (χ1v) is 8.58. The van der Waals surface area contributed by atoms with E-state index in [1.165, 1.54) is 0 Å². The van der Waals surface area contributed by atoms with Crippen LogP contribution in [0.15, 0.2) is 30.5 Å². The molecule has 0 aliphatic carbocycles. The van der Waals surface area contributed by atoms with Gasteiger partial charge in [0.1, 0.15) is 0 Å². The summed E-state index contributed by atoms with van der Waals surface area (Å²) in [5.41, 5.74) is 9.80. The maximum Gasteiger partial charge on any atom is 0.226 e. The Morgan fingerprint density at radius 2 is 2.04 bits per heavy atom. The number of aromatic nitrogens is 4. The molecule has 1 fully saturated rings. The van der Waals surface area contributed by atoms with Gasteiger partial charge in [-0.05, 0) is 18.7 Å². The van der Waals surface area contributed by atoms with Crippen LogP contribution in [0.25, 0.3) is 22.2 Å². The van der Waals surface area contributed by atoms with E-state index in [1.54, 1.807) is 0 Å². The molecule has 3 heterocycles. The smallest absolute Gasteiger partial charge is 0.226 e. The van der Waals surface area contributed by atoms with Gasteiger partial charge in [-0.1, -0.05) is 12.1 Å². The van der Waals surface area contributed by atoms with Crippen LogP contribution >= 0.6 is 0 Å². The Kier molecular flexibility index (Phi) is 4.33. The van der Waals surface area contributed by atoms with Crippen LogP contribution in [0.3, 0.4) is 0 Å². The number of hydrogen-bond donors (Lipinski definition) is 1. The molecule has 2 aromatic heterocycles. The van der Waals surface area contributed by atoms with E-state index < -0.39 is 0 Å². The molecule has 0 radical (unpaired) electrons. The van der Waals surface area contributed by atoms with E-state index in [0.717, 1.165) is 66.5 Å². The van der Waals surface area contributed by atoms with Crippen molar-refractivity contribution in [2.24, 2.45) is 12.8 Å². The van der Waals surface area contributed by atoms with Gasteiger partial charge in [-0.3, -0.25) is 4.68 Å². The molecular weight excluding hydrogens is 316 g/mol. The number of ether oxygens (including phenoxy) is 1. The molecule has 1 aliphatic rings. The Morgan fingerprint density at radius 1 is 1.20 bits per heavy atom. The van der Waals surface area contributed by atoms with Gasteiger partial charge in [0.2, 0.25) is 5.95 Å². The maximum absolute atomic E-state index is 5.69. The number of anilines is 1. The van der Waals surface area contributed by atoms with Gasteiger partial charge >= 0.3 is 0 Å². The van der Waals surface area contributed by atoms with Crippen LogP contribution in [0.5, 0.6) is 0 Å². The van der Waals surface area contributed by atoms with Crippen LogP contribution in [0.1, 0.15) is 5.69 Å². The predicted molar refractivity (Wildman–Crippen MR) is 97.5 cm³/mol. The van der Waals surface area contributed by atoms with E-state index in [0.29, 0.717) is 6.54 Å². The van der Waals surface area contributed by atoms with Gasteiger partial charge in [-0.2, -0.15) is 5.10 Å². The molecule has 0 amide bonds. The summed E-state index contributed by atoms with van der Waals surface area (Å²) in [6.07, 6.45) is 2.60. The topological polar surface area (TPSA) is 82.1 Å². The second-order valence-corrected chi connectivity index (χ2v) is 6.18. The van der Waals surface area contributed by atoms with Crippen LogP contribution in [0.4, 0.5) is 5.95 Å².